The maximum absolute atomic E-state index is 11.2. The second kappa shape index (κ2) is 5.46. The SMILES string of the molecule is CCOC(=O)/C(=C\c1cnco1)N=[N+]=[N-]. The Hall–Kier alpha value is -2.27. The summed E-state index contributed by atoms with van der Waals surface area (Å²) in [5.74, 6) is -0.392. The summed E-state index contributed by atoms with van der Waals surface area (Å²) in [6.07, 6.45) is 3.83. The normalized spacial score (nSPS) is 10.6. The van der Waals surface area contributed by atoms with E-state index < -0.39 is 5.97 Å². The fourth-order valence-corrected chi connectivity index (χ4v) is 0.813. The second-order valence-electron chi connectivity index (χ2n) is 2.34. The van der Waals surface area contributed by atoms with Crippen LogP contribution >= 0.6 is 0 Å². The van der Waals surface area contributed by atoms with Crippen molar-refractivity contribution in [2.24, 2.45) is 5.11 Å². The van der Waals surface area contributed by atoms with E-state index in [0.29, 0.717) is 5.76 Å². The average molecular weight is 208 g/mol. The van der Waals surface area contributed by atoms with E-state index in [0.717, 1.165) is 0 Å². The maximum atomic E-state index is 11.2. The highest BCUT2D eigenvalue weighted by molar-refractivity contribution is 5.92. The number of nitrogens with zero attached hydrogens (tertiary/aromatic N) is 4. The Kier molecular flexibility index (Phi) is 3.93. The van der Waals surface area contributed by atoms with Gasteiger partial charge >= 0.3 is 5.97 Å². The summed E-state index contributed by atoms with van der Waals surface area (Å²) in [6.45, 7) is 1.85. The molecular weight excluding hydrogens is 200 g/mol. The zero-order valence-electron chi connectivity index (χ0n) is 7.95. The smallest absolute Gasteiger partial charge is 0.340 e. The van der Waals surface area contributed by atoms with Crippen LogP contribution in [0.4, 0.5) is 0 Å². The Morgan fingerprint density at radius 1 is 1.87 bits per heavy atom. The molecule has 1 heterocycles. The van der Waals surface area contributed by atoms with E-state index in [4.69, 9.17) is 9.95 Å². The fourth-order valence-electron chi connectivity index (χ4n) is 0.813. The molecule has 15 heavy (non-hydrogen) atoms. The Bertz CT molecular complexity index is 404. The quantitative estimate of drug-likeness (QED) is 0.248. The van der Waals surface area contributed by atoms with Crippen LogP contribution in [0.1, 0.15) is 12.7 Å². The molecule has 0 fully saturated rings. The van der Waals surface area contributed by atoms with Gasteiger partial charge in [0.25, 0.3) is 0 Å². The number of rotatable bonds is 4. The molecule has 0 amide bonds. The lowest BCUT2D eigenvalue weighted by molar-refractivity contribution is -0.138. The minimum absolute atomic E-state index is 0.170. The van der Waals surface area contributed by atoms with E-state index in [1.807, 2.05) is 0 Å². The number of esters is 1. The highest BCUT2D eigenvalue weighted by Crippen LogP contribution is 2.09. The molecule has 0 unspecified atom stereocenters. The summed E-state index contributed by atoms with van der Waals surface area (Å²) in [5.41, 5.74) is 8.08. The van der Waals surface area contributed by atoms with Gasteiger partial charge in [0.05, 0.1) is 12.8 Å². The zero-order chi connectivity index (χ0) is 11.1. The zero-order valence-corrected chi connectivity index (χ0v) is 7.95. The predicted molar refractivity (Wildman–Crippen MR) is 50.3 cm³/mol. The molecule has 0 N–H and O–H groups in total. The summed E-state index contributed by atoms with van der Waals surface area (Å²) in [7, 11) is 0. The maximum Gasteiger partial charge on any atom is 0.340 e. The summed E-state index contributed by atoms with van der Waals surface area (Å²) < 4.78 is 9.53. The number of aromatic nitrogens is 1. The molecule has 0 aliphatic rings. The van der Waals surface area contributed by atoms with Gasteiger partial charge in [0.15, 0.2) is 6.39 Å². The molecule has 0 atom stereocenters. The molecule has 0 radical (unpaired) electrons. The van der Waals surface area contributed by atoms with E-state index >= 15 is 0 Å². The van der Waals surface area contributed by atoms with Crippen molar-refractivity contribution in [1.29, 1.82) is 0 Å². The minimum Gasteiger partial charge on any atom is -0.462 e. The lowest BCUT2D eigenvalue weighted by Gasteiger charge is -1.99. The van der Waals surface area contributed by atoms with Crippen LogP contribution in [-0.2, 0) is 9.53 Å². The van der Waals surface area contributed by atoms with Crippen molar-refractivity contribution in [2.45, 2.75) is 6.92 Å². The average Bonchev–Trinajstić information content (AvgIpc) is 2.70. The molecule has 1 aromatic rings. The molecule has 0 aliphatic heterocycles. The standard InChI is InChI=1S/C8H8N4O3/c1-2-14-8(13)7(11-12-9)3-6-4-10-5-15-6/h3-5H,2H2,1H3/b7-3+. The van der Waals surface area contributed by atoms with Gasteiger partial charge in [0.1, 0.15) is 11.5 Å². The van der Waals surface area contributed by atoms with Gasteiger partial charge in [-0.05, 0) is 18.5 Å². The molecule has 1 aromatic heterocycles. The highest BCUT2D eigenvalue weighted by Gasteiger charge is 2.09. The summed E-state index contributed by atoms with van der Waals surface area (Å²) in [4.78, 5) is 17.4. The number of carbonyl (C=O) groups excluding carboxylic acids is 1. The van der Waals surface area contributed by atoms with Crippen molar-refractivity contribution in [1.82, 2.24) is 4.98 Å². The predicted octanol–water partition coefficient (Wildman–Crippen LogP) is 1.89. The van der Waals surface area contributed by atoms with E-state index in [1.54, 1.807) is 6.92 Å². The van der Waals surface area contributed by atoms with Crippen molar-refractivity contribution in [3.05, 3.63) is 34.5 Å². The number of azide groups is 1. The van der Waals surface area contributed by atoms with E-state index in [2.05, 4.69) is 19.7 Å². The summed E-state index contributed by atoms with van der Waals surface area (Å²) >= 11 is 0. The first-order valence-electron chi connectivity index (χ1n) is 4.10. The molecule has 1 rings (SSSR count). The van der Waals surface area contributed by atoms with Gasteiger partial charge in [-0.3, -0.25) is 0 Å². The van der Waals surface area contributed by atoms with Gasteiger partial charge in [-0.1, -0.05) is 5.11 Å². The Balaban J connectivity index is 2.92. The molecule has 7 nitrogen and oxygen atoms in total. The van der Waals surface area contributed by atoms with Gasteiger partial charge in [-0.25, -0.2) is 9.78 Å². The third-order valence-corrected chi connectivity index (χ3v) is 1.37. The summed E-state index contributed by atoms with van der Waals surface area (Å²) in [5, 5.41) is 3.20. The highest BCUT2D eigenvalue weighted by atomic mass is 16.5. The molecule has 0 spiro atoms. The third-order valence-electron chi connectivity index (χ3n) is 1.37. The first-order valence-corrected chi connectivity index (χ1v) is 4.10. The van der Waals surface area contributed by atoms with Crippen LogP contribution in [0.5, 0.6) is 0 Å². The van der Waals surface area contributed by atoms with Crippen LogP contribution in [0.3, 0.4) is 0 Å². The van der Waals surface area contributed by atoms with Crippen LogP contribution in [0, 0.1) is 0 Å². The molecule has 7 heteroatoms. The fraction of sp³-hybridized carbons (Fsp3) is 0.250. The van der Waals surface area contributed by atoms with Gasteiger partial charge in [0, 0.05) is 4.91 Å². The van der Waals surface area contributed by atoms with E-state index in [-0.39, 0.29) is 12.3 Å². The van der Waals surface area contributed by atoms with E-state index in [9.17, 15) is 4.79 Å². The Labute approximate surface area is 85.0 Å². The van der Waals surface area contributed by atoms with Crippen molar-refractivity contribution < 1.29 is 13.9 Å². The molecule has 0 bridgehead atoms. The van der Waals surface area contributed by atoms with Crippen LogP contribution in [0.25, 0.3) is 16.5 Å². The molecule has 0 aliphatic carbocycles. The number of hydrogen-bond acceptors (Lipinski definition) is 5. The number of ether oxygens (including phenoxy) is 1. The summed E-state index contributed by atoms with van der Waals surface area (Å²) in [6, 6.07) is 0. The van der Waals surface area contributed by atoms with Crippen LogP contribution < -0.4 is 0 Å². The topological polar surface area (TPSA) is 101 Å². The monoisotopic (exact) mass is 208 g/mol. The lowest BCUT2D eigenvalue weighted by atomic mass is 10.3. The largest absolute Gasteiger partial charge is 0.462 e. The van der Waals surface area contributed by atoms with Crippen molar-refractivity contribution in [2.75, 3.05) is 6.61 Å². The van der Waals surface area contributed by atoms with Crippen molar-refractivity contribution >= 4 is 12.0 Å². The van der Waals surface area contributed by atoms with Gasteiger partial charge in [-0.15, -0.1) is 0 Å². The lowest BCUT2D eigenvalue weighted by Crippen LogP contribution is -2.05. The van der Waals surface area contributed by atoms with Gasteiger partial charge in [0.2, 0.25) is 0 Å². The third kappa shape index (κ3) is 3.17. The van der Waals surface area contributed by atoms with Crippen molar-refractivity contribution in [3.63, 3.8) is 0 Å². The minimum atomic E-state index is -0.702. The van der Waals surface area contributed by atoms with Crippen LogP contribution in [0.2, 0.25) is 0 Å². The molecule has 0 saturated heterocycles. The van der Waals surface area contributed by atoms with Crippen LogP contribution in [-0.4, -0.2) is 17.6 Å². The van der Waals surface area contributed by atoms with Gasteiger partial charge < -0.3 is 9.15 Å². The van der Waals surface area contributed by atoms with Gasteiger partial charge in [-0.2, -0.15) is 0 Å². The number of hydrogen-bond donors (Lipinski definition) is 0. The molecular formula is C8H8N4O3. The second-order valence-corrected chi connectivity index (χ2v) is 2.34. The Morgan fingerprint density at radius 2 is 2.67 bits per heavy atom. The number of carbonyl (C=O) groups is 1. The number of oxazole rings is 1. The molecule has 0 saturated carbocycles. The van der Waals surface area contributed by atoms with Crippen molar-refractivity contribution in [3.8, 4) is 0 Å². The van der Waals surface area contributed by atoms with Crippen LogP contribution in [0.15, 0.2) is 27.8 Å². The first-order chi connectivity index (χ1) is 7.27. The first kappa shape index (κ1) is 10.8. The molecule has 0 aromatic carbocycles. The Morgan fingerprint density at radius 3 is 3.20 bits per heavy atom. The van der Waals surface area contributed by atoms with E-state index in [1.165, 1.54) is 18.7 Å². The molecule has 78 valence electrons.